The zero-order valence-electron chi connectivity index (χ0n) is 11.0. The highest BCUT2D eigenvalue weighted by Crippen LogP contribution is 2.64. The first-order chi connectivity index (χ1) is 8.04. The van der Waals surface area contributed by atoms with Crippen molar-refractivity contribution in [2.75, 3.05) is 20.8 Å². The normalized spacial score (nSPS) is 25.5. The van der Waals surface area contributed by atoms with E-state index in [0.717, 1.165) is 18.0 Å². The van der Waals surface area contributed by atoms with Gasteiger partial charge in [0, 0.05) is 6.07 Å². The van der Waals surface area contributed by atoms with Gasteiger partial charge in [-0.2, -0.15) is 0 Å². The van der Waals surface area contributed by atoms with Crippen LogP contribution < -0.4 is 15.2 Å². The first-order valence-electron chi connectivity index (χ1n) is 5.97. The Kier molecular flexibility index (Phi) is 3.04. The van der Waals surface area contributed by atoms with Crippen LogP contribution in [-0.2, 0) is 0 Å². The molecule has 1 aliphatic rings. The molecule has 2 rings (SSSR count). The standard InChI is InChI=1S/C14H21NO2/c1-14(2)12(8-15)13(14)9-5-10(16-3)7-11(6-9)17-4/h5-7,12-13H,8,15H2,1-4H3. The minimum absolute atomic E-state index is 0.284. The summed E-state index contributed by atoms with van der Waals surface area (Å²) in [5.74, 6) is 2.76. The average Bonchev–Trinajstić information content (AvgIpc) is 2.90. The molecule has 0 heterocycles. The van der Waals surface area contributed by atoms with Crippen LogP contribution in [0.4, 0.5) is 0 Å². The summed E-state index contributed by atoms with van der Waals surface area (Å²) in [5, 5.41) is 0. The molecule has 2 atom stereocenters. The second-order valence-electron chi connectivity index (χ2n) is 5.29. The number of benzene rings is 1. The number of hydrogen-bond acceptors (Lipinski definition) is 3. The second-order valence-corrected chi connectivity index (χ2v) is 5.29. The van der Waals surface area contributed by atoms with E-state index in [1.165, 1.54) is 5.56 Å². The van der Waals surface area contributed by atoms with E-state index in [9.17, 15) is 0 Å². The third kappa shape index (κ3) is 2.00. The quantitative estimate of drug-likeness (QED) is 0.871. The molecule has 3 nitrogen and oxygen atoms in total. The highest BCUT2D eigenvalue weighted by atomic mass is 16.5. The fourth-order valence-corrected chi connectivity index (χ4v) is 2.85. The minimum Gasteiger partial charge on any atom is -0.497 e. The summed E-state index contributed by atoms with van der Waals surface area (Å²) in [6, 6.07) is 6.07. The maximum Gasteiger partial charge on any atom is 0.122 e. The molecule has 3 heteroatoms. The molecule has 1 saturated carbocycles. The summed E-state index contributed by atoms with van der Waals surface area (Å²) in [4.78, 5) is 0. The predicted molar refractivity (Wildman–Crippen MR) is 68.6 cm³/mol. The van der Waals surface area contributed by atoms with Gasteiger partial charge < -0.3 is 15.2 Å². The molecule has 1 aromatic rings. The van der Waals surface area contributed by atoms with Crippen LogP contribution in [0.15, 0.2) is 18.2 Å². The third-order valence-corrected chi connectivity index (χ3v) is 4.04. The third-order valence-electron chi connectivity index (χ3n) is 4.04. The number of methoxy groups -OCH3 is 2. The van der Waals surface area contributed by atoms with Crippen LogP contribution in [0, 0.1) is 11.3 Å². The molecule has 2 N–H and O–H groups in total. The Labute approximate surface area is 103 Å². The van der Waals surface area contributed by atoms with Gasteiger partial charge >= 0.3 is 0 Å². The maximum absolute atomic E-state index is 5.82. The predicted octanol–water partition coefficient (Wildman–Crippen LogP) is 2.40. The van der Waals surface area contributed by atoms with E-state index in [2.05, 4.69) is 26.0 Å². The van der Waals surface area contributed by atoms with Crippen molar-refractivity contribution >= 4 is 0 Å². The van der Waals surface area contributed by atoms with Crippen LogP contribution in [0.1, 0.15) is 25.3 Å². The number of ether oxygens (including phenoxy) is 2. The molecule has 0 aromatic heterocycles. The van der Waals surface area contributed by atoms with Crippen molar-refractivity contribution in [1.29, 1.82) is 0 Å². The fourth-order valence-electron chi connectivity index (χ4n) is 2.85. The molecule has 0 aliphatic heterocycles. The van der Waals surface area contributed by atoms with Crippen molar-refractivity contribution in [3.8, 4) is 11.5 Å². The van der Waals surface area contributed by atoms with Gasteiger partial charge in [-0.25, -0.2) is 0 Å². The zero-order valence-corrected chi connectivity index (χ0v) is 11.0. The Morgan fingerprint density at radius 3 is 2.00 bits per heavy atom. The van der Waals surface area contributed by atoms with Crippen molar-refractivity contribution in [2.45, 2.75) is 19.8 Å². The Morgan fingerprint density at radius 1 is 1.12 bits per heavy atom. The van der Waals surface area contributed by atoms with Crippen LogP contribution in [0.25, 0.3) is 0 Å². The highest BCUT2D eigenvalue weighted by Gasteiger charge is 2.57. The molecule has 0 spiro atoms. The van der Waals surface area contributed by atoms with Gasteiger partial charge in [-0.1, -0.05) is 13.8 Å². The Morgan fingerprint density at radius 2 is 1.65 bits per heavy atom. The topological polar surface area (TPSA) is 44.5 Å². The number of nitrogens with two attached hydrogens (primary N) is 1. The summed E-state index contributed by atoms with van der Waals surface area (Å²) in [6.45, 7) is 5.26. The first kappa shape index (κ1) is 12.2. The van der Waals surface area contributed by atoms with Crippen molar-refractivity contribution in [2.24, 2.45) is 17.1 Å². The van der Waals surface area contributed by atoms with Gasteiger partial charge in [0.25, 0.3) is 0 Å². The van der Waals surface area contributed by atoms with Gasteiger partial charge in [-0.15, -0.1) is 0 Å². The lowest BCUT2D eigenvalue weighted by Crippen LogP contribution is -2.05. The van der Waals surface area contributed by atoms with Gasteiger partial charge in [0.05, 0.1) is 14.2 Å². The monoisotopic (exact) mass is 235 g/mol. The van der Waals surface area contributed by atoms with Crippen LogP contribution in [0.5, 0.6) is 11.5 Å². The summed E-state index contributed by atoms with van der Waals surface area (Å²) in [5.41, 5.74) is 7.37. The first-order valence-corrected chi connectivity index (χ1v) is 5.97. The lowest BCUT2D eigenvalue weighted by atomic mass is 10.0. The van der Waals surface area contributed by atoms with E-state index in [-0.39, 0.29) is 5.41 Å². The van der Waals surface area contributed by atoms with Gasteiger partial charge in [-0.05, 0) is 41.5 Å². The van der Waals surface area contributed by atoms with Crippen molar-refractivity contribution in [3.05, 3.63) is 23.8 Å². The van der Waals surface area contributed by atoms with E-state index in [1.54, 1.807) is 14.2 Å². The molecule has 1 aliphatic carbocycles. The van der Waals surface area contributed by atoms with Gasteiger partial charge in [0.15, 0.2) is 0 Å². The Bertz CT molecular complexity index is 392. The van der Waals surface area contributed by atoms with E-state index in [1.807, 2.05) is 6.07 Å². The van der Waals surface area contributed by atoms with Crippen molar-refractivity contribution in [3.63, 3.8) is 0 Å². The lowest BCUT2D eigenvalue weighted by molar-refractivity contribution is 0.393. The largest absolute Gasteiger partial charge is 0.497 e. The molecule has 0 bridgehead atoms. The molecule has 94 valence electrons. The number of rotatable bonds is 4. The van der Waals surface area contributed by atoms with E-state index < -0.39 is 0 Å². The van der Waals surface area contributed by atoms with Gasteiger partial charge in [0.1, 0.15) is 11.5 Å². The molecule has 0 saturated heterocycles. The van der Waals surface area contributed by atoms with E-state index >= 15 is 0 Å². The lowest BCUT2D eigenvalue weighted by Gasteiger charge is -2.09. The van der Waals surface area contributed by atoms with E-state index in [4.69, 9.17) is 15.2 Å². The highest BCUT2D eigenvalue weighted by molar-refractivity contribution is 5.43. The molecule has 2 unspecified atom stereocenters. The number of hydrogen-bond donors (Lipinski definition) is 1. The van der Waals surface area contributed by atoms with Gasteiger partial charge in [-0.3, -0.25) is 0 Å². The second kappa shape index (κ2) is 4.22. The summed E-state index contributed by atoms with van der Waals surface area (Å²) in [6.07, 6.45) is 0. The summed E-state index contributed by atoms with van der Waals surface area (Å²) >= 11 is 0. The smallest absolute Gasteiger partial charge is 0.122 e. The van der Waals surface area contributed by atoms with Crippen LogP contribution in [0.2, 0.25) is 0 Å². The molecule has 0 amide bonds. The van der Waals surface area contributed by atoms with Crippen molar-refractivity contribution < 1.29 is 9.47 Å². The molecule has 1 fully saturated rings. The molecular formula is C14H21NO2. The minimum atomic E-state index is 0.284. The molecule has 0 radical (unpaired) electrons. The fraction of sp³-hybridized carbons (Fsp3) is 0.571. The van der Waals surface area contributed by atoms with Crippen molar-refractivity contribution in [1.82, 2.24) is 0 Å². The van der Waals surface area contributed by atoms with E-state index in [0.29, 0.717) is 11.8 Å². The van der Waals surface area contributed by atoms with Crippen LogP contribution in [0.3, 0.4) is 0 Å². The zero-order chi connectivity index (χ0) is 12.6. The van der Waals surface area contributed by atoms with Crippen LogP contribution in [-0.4, -0.2) is 20.8 Å². The van der Waals surface area contributed by atoms with Gasteiger partial charge in [0.2, 0.25) is 0 Å². The Hall–Kier alpha value is -1.22. The van der Waals surface area contributed by atoms with Crippen LogP contribution >= 0.6 is 0 Å². The molecule has 17 heavy (non-hydrogen) atoms. The average molecular weight is 235 g/mol. The Balaban J connectivity index is 2.33. The molecular weight excluding hydrogens is 214 g/mol. The molecule has 1 aromatic carbocycles. The maximum atomic E-state index is 5.82. The SMILES string of the molecule is COc1cc(OC)cc(C2C(CN)C2(C)C)c1. The summed E-state index contributed by atoms with van der Waals surface area (Å²) in [7, 11) is 3.36. The summed E-state index contributed by atoms with van der Waals surface area (Å²) < 4.78 is 10.6.